The Kier molecular flexibility index (Phi) is 7.99. The summed E-state index contributed by atoms with van der Waals surface area (Å²) in [4.78, 5) is 15.2. The van der Waals surface area contributed by atoms with Crippen LogP contribution in [0.15, 0.2) is 47.4 Å². The van der Waals surface area contributed by atoms with Crippen LogP contribution in [0.3, 0.4) is 0 Å². The van der Waals surface area contributed by atoms with Crippen molar-refractivity contribution >= 4 is 21.6 Å². The number of benzene rings is 2. The SMILES string of the molecule is COc1ccccc1NS(=O)(=O)c1cc(C(=O)NCC(C)N2CC(C)OC(C)C2)ccc1C. The first kappa shape index (κ1) is 25.0. The summed E-state index contributed by atoms with van der Waals surface area (Å²) in [6.45, 7) is 9.91. The molecular formula is C24H33N3O5S. The van der Waals surface area contributed by atoms with Crippen molar-refractivity contribution in [2.75, 3.05) is 31.5 Å². The zero-order valence-electron chi connectivity index (χ0n) is 19.8. The maximum absolute atomic E-state index is 13.1. The van der Waals surface area contributed by atoms with Crippen LogP contribution in [0.2, 0.25) is 0 Å². The number of para-hydroxylation sites is 2. The molecule has 1 saturated heterocycles. The second-order valence-electron chi connectivity index (χ2n) is 8.56. The maximum atomic E-state index is 13.1. The van der Waals surface area contributed by atoms with Crippen LogP contribution in [0, 0.1) is 6.92 Å². The molecule has 3 rings (SSSR count). The number of anilines is 1. The summed E-state index contributed by atoms with van der Waals surface area (Å²) in [6.07, 6.45) is 0.292. The summed E-state index contributed by atoms with van der Waals surface area (Å²) in [5.74, 6) is 0.0957. The van der Waals surface area contributed by atoms with Crippen LogP contribution in [0.5, 0.6) is 5.75 Å². The number of ether oxygens (including phenoxy) is 2. The molecule has 8 nitrogen and oxygen atoms in total. The van der Waals surface area contributed by atoms with Gasteiger partial charge in [-0.1, -0.05) is 18.2 Å². The van der Waals surface area contributed by atoms with Crippen molar-refractivity contribution in [3.05, 3.63) is 53.6 Å². The Morgan fingerprint density at radius 3 is 2.52 bits per heavy atom. The third kappa shape index (κ3) is 6.25. The lowest BCUT2D eigenvalue weighted by atomic mass is 10.1. The van der Waals surface area contributed by atoms with E-state index in [0.717, 1.165) is 13.1 Å². The van der Waals surface area contributed by atoms with Gasteiger partial charge in [0.15, 0.2) is 0 Å². The molecule has 2 aromatic carbocycles. The molecule has 9 heteroatoms. The fourth-order valence-electron chi connectivity index (χ4n) is 4.01. The first-order valence-corrected chi connectivity index (χ1v) is 12.5. The van der Waals surface area contributed by atoms with Crippen LogP contribution in [-0.2, 0) is 14.8 Å². The molecule has 1 fully saturated rings. The summed E-state index contributed by atoms with van der Waals surface area (Å²) < 4.78 is 39.7. The quantitative estimate of drug-likeness (QED) is 0.609. The van der Waals surface area contributed by atoms with E-state index < -0.39 is 10.0 Å². The number of hydrogen-bond donors (Lipinski definition) is 2. The number of sulfonamides is 1. The average molecular weight is 476 g/mol. The monoisotopic (exact) mass is 475 g/mol. The molecule has 180 valence electrons. The van der Waals surface area contributed by atoms with Crippen LogP contribution in [0.4, 0.5) is 5.69 Å². The Morgan fingerprint density at radius 1 is 1.18 bits per heavy atom. The molecule has 0 saturated carbocycles. The molecule has 0 spiro atoms. The molecule has 33 heavy (non-hydrogen) atoms. The summed E-state index contributed by atoms with van der Waals surface area (Å²) in [5.41, 5.74) is 1.16. The molecule has 1 heterocycles. The highest BCUT2D eigenvalue weighted by Gasteiger charge is 2.26. The van der Waals surface area contributed by atoms with Crippen LogP contribution in [-0.4, -0.2) is 64.2 Å². The van der Waals surface area contributed by atoms with E-state index in [0.29, 0.717) is 23.5 Å². The largest absolute Gasteiger partial charge is 0.495 e. The number of nitrogens with zero attached hydrogens (tertiary/aromatic N) is 1. The average Bonchev–Trinajstić information content (AvgIpc) is 2.76. The van der Waals surface area contributed by atoms with Gasteiger partial charge in [0, 0.05) is 31.2 Å². The number of morpholine rings is 1. The van der Waals surface area contributed by atoms with E-state index in [1.165, 1.54) is 13.2 Å². The van der Waals surface area contributed by atoms with E-state index in [-0.39, 0.29) is 34.6 Å². The Bertz CT molecular complexity index is 1080. The first-order valence-electron chi connectivity index (χ1n) is 11.0. The fourth-order valence-corrected chi connectivity index (χ4v) is 5.35. The van der Waals surface area contributed by atoms with Crippen molar-refractivity contribution in [1.82, 2.24) is 10.2 Å². The minimum Gasteiger partial charge on any atom is -0.495 e. The summed E-state index contributed by atoms with van der Waals surface area (Å²) in [6, 6.07) is 11.6. The smallest absolute Gasteiger partial charge is 0.262 e. The standard InChI is InChI=1S/C24H33N3O5S/c1-16-10-11-20(24(28)25-13-17(2)27-14-18(3)32-19(4)15-27)12-23(16)33(29,30)26-21-8-6-7-9-22(21)31-5/h6-12,17-19,26H,13-15H2,1-5H3,(H,25,28). The Balaban J connectivity index is 1.72. The highest BCUT2D eigenvalue weighted by Crippen LogP contribution is 2.27. The van der Waals surface area contributed by atoms with Gasteiger partial charge in [-0.05, 0) is 57.5 Å². The van der Waals surface area contributed by atoms with Gasteiger partial charge < -0.3 is 14.8 Å². The summed E-state index contributed by atoms with van der Waals surface area (Å²) in [5, 5.41) is 2.94. The van der Waals surface area contributed by atoms with Gasteiger partial charge in [0.2, 0.25) is 0 Å². The van der Waals surface area contributed by atoms with E-state index in [2.05, 4.69) is 21.9 Å². The van der Waals surface area contributed by atoms with Crippen molar-refractivity contribution < 1.29 is 22.7 Å². The third-order valence-corrected chi connectivity index (χ3v) is 7.23. The van der Waals surface area contributed by atoms with E-state index in [9.17, 15) is 13.2 Å². The molecule has 2 aromatic rings. The van der Waals surface area contributed by atoms with Gasteiger partial charge in [0.05, 0.1) is 29.9 Å². The molecule has 3 atom stereocenters. The lowest BCUT2D eigenvalue weighted by Gasteiger charge is -2.39. The molecule has 1 aliphatic heterocycles. The molecule has 0 aliphatic carbocycles. The van der Waals surface area contributed by atoms with Gasteiger partial charge >= 0.3 is 0 Å². The Labute approximate surface area is 196 Å². The molecule has 1 amide bonds. The normalized spacial score (nSPS) is 20.2. The number of nitrogens with one attached hydrogen (secondary N) is 2. The first-order chi connectivity index (χ1) is 15.6. The lowest BCUT2D eigenvalue weighted by molar-refractivity contribution is -0.0778. The van der Waals surface area contributed by atoms with Crippen molar-refractivity contribution in [3.8, 4) is 5.75 Å². The Hall–Kier alpha value is -2.62. The molecule has 0 radical (unpaired) electrons. The zero-order valence-corrected chi connectivity index (χ0v) is 20.6. The van der Waals surface area contributed by atoms with Crippen molar-refractivity contribution in [2.45, 2.75) is 50.8 Å². The second kappa shape index (κ2) is 10.5. The van der Waals surface area contributed by atoms with Gasteiger partial charge in [-0.25, -0.2) is 8.42 Å². The summed E-state index contributed by atoms with van der Waals surface area (Å²) >= 11 is 0. The van der Waals surface area contributed by atoms with Gasteiger partial charge in [-0.2, -0.15) is 0 Å². The number of amides is 1. The van der Waals surface area contributed by atoms with E-state index in [1.807, 2.05) is 13.8 Å². The highest BCUT2D eigenvalue weighted by molar-refractivity contribution is 7.92. The van der Waals surface area contributed by atoms with Crippen LogP contribution in [0.1, 0.15) is 36.7 Å². The number of carbonyl (C=O) groups excluding carboxylic acids is 1. The lowest BCUT2D eigenvalue weighted by Crippen LogP contribution is -2.52. The number of hydrogen-bond acceptors (Lipinski definition) is 6. The predicted octanol–water partition coefficient (Wildman–Crippen LogP) is 3.03. The van der Waals surface area contributed by atoms with Gasteiger partial charge in [0.25, 0.3) is 15.9 Å². The van der Waals surface area contributed by atoms with Crippen molar-refractivity contribution in [3.63, 3.8) is 0 Å². The number of aryl methyl sites for hydroxylation is 1. The van der Waals surface area contributed by atoms with Gasteiger partial charge in [-0.15, -0.1) is 0 Å². The number of carbonyl (C=O) groups is 1. The fraction of sp³-hybridized carbons (Fsp3) is 0.458. The van der Waals surface area contributed by atoms with Crippen LogP contribution < -0.4 is 14.8 Å². The topological polar surface area (TPSA) is 97.0 Å². The van der Waals surface area contributed by atoms with Crippen LogP contribution >= 0.6 is 0 Å². The Morgan fingerprint density at radius 2 is 1.85 bits per heavy atom. The molecule has 3 unspecified atom stereocenters. The predicted molar refractivity (Wildman–Crippen MR) is 128 cm³/mol. The van der Waals surface area contributed by atoms with Crippen LogP contribution in [0.25, 0.3) is 0 Å². The van der Waals surface area contributed by atoms with Gasteiger partial charge in [-0.3, -0.25) is 14.4 Å². The zero-order chi connectivity index (χ0) is 24.2. The number of methoxy groups -OCH3 is 1. The second-order valence-corrected chi connectivity index (χ2v) is 10.2. The minimum absolute atomic E-state index is 0.0462. The van der Waals surface area contributed by atoms with E-state index >= 15 is 0 Å². The van der Waals surface area contributed by atoms with Gasteiger partial charge in [0.1, 0.15) is 5.75 Å². The highest BCUT2D eigenvalue weighted by atomic mass is 32.2. The van der Waals surface area contributed by atoms with Crippen molar-refractivity contribution in [1.29, 1.82) is 0 Å². The van der Waals surface area contributed by atoms with Crippen molar-refractivity contribution in [2.24, 2.45) is 0 Å². The van der Waals surface area contributed by atoms with E-state index in [4.69, 9.17) is 9.47 Å². The summed E-state index contributed by atoms with van der Waals surface area (Å²) in [7, 11) is -2.45. The maximum Gasteiger partial charge on any atom is 0.262 e. The minimum atomic E-state index is -3.93. The number of rotatable bonds is 8. The molecule has 0 aromatic heterocycles. The molecule has 2 N–H and O–H groups in total. The molecule has 1 aliphatic rings. The third-order valence-electron chi connectivity index (χ3n) is 5.72. The van der Waals surface area contributed by atoms with E-state index in [1.54, 1.807) is 43.3 Å². The molecule has 0 bridgehead atoms. The molecular weight excluding hydrogens is 442 g/mol.